The van der Waals surface area contributed by atoms with Crippen LogP contribution in [0.2, 0.25) is 0 Å². The third kappa shape index (κ3) is 2.54. The number of carbonyl (C=O) groups is 1. The molecular formula is C18H21N3O. The fourth-order valence-corrected chi connectivity index (χ4v) is 3.65. The minimum Gasteiger partial charge on any atom is -0.340 e. The number of aromatic nitrogens is 2. The summed E-state index contributed by atoms with van der Waals surface area (Å²) in [5, 5.41) is 0. The highest BCUT2D eigenvalue weighted by Gasteiger charge is 2.46. The molecule has 1 amide bonds. The Kier molecular flexibility index (Phi) is 3.45. The van der Waals surface area contributed by atoms with Crippen LogP contribution in [0.15, 0.2) is 49.1 Å². The molecule has 4 rings (SSSR count). The molecule has 114 valence electrons. The first-order chi connectivity index (χ1) is 10.8. The molecular weight excluding hydrogens is 274 g/mol. The number of amides is 1. The molecule has 0 spiro atoms. The zero-order chi connectivity index (χ0) is 14.9. The van der Waals surface area contributed by atoms with Crippen molar-refractivity contribution < 1.29 is 4.79 Å². The van der Waals surface area contributed by atoms with Gasteiger partial charge >= 0.3 is 0 Å². The number of likely N-dealkylation sites (tertiary alicyclic amines) is 1. The summed E-state index contributed by atoms with van der Waals surface area (Å²) in [5.74, 6) is 0.977. The average Bonchev–Trinajstić information content (AvgIpc) is 3.19. The van der Waals surface area contributed by atoms with Crippen LogP contribution in [0.3, 0.4) is 0 Å². The Morgan fingerprint density at radius 1 is 1.23 bits per heavy atom. The molecule has 0 N–H and O–H groups in total. The van der Waals surface area contributed by atoms with Crippen LogP contribution in [0.1, 0.15) is 36.8 Å². The van der Waals surface area contributed by atoms with Crippen LogP contribution >= 0.6 is 0 Å². The zero-order valence-electron chi connectivity index (χ0n) is 12.6. The summed E-state index contributed by atoms with van der Waals surface area (Å²) in [6.45, 7) is 1.73. The van der Waals surface area contributed by atoms with E-state index in [4.69, 9.17) is 0 Å². The van der Waals surface area contributed by atoms with Crippen molar-refractivity contribution in [1.82, 2.24) is 14.5 Å². The summed E-state index contributed by atoms with van der Waals surface area (Å²) in [6.07, 6.45) is 8.90. The van der Waals surface area contributed by atoms with Crippen LogP contribution in [-0.2, 0) is 4.79 Å². The molecule has 1 aliphatic carbocycles. The second-order valence-electron chi connectivity index (χ2n) is 6.45. The lowest BCUT2D eigenvalue weighted by Crippen LogP contribution is -2.41. The van der Waals surface area contributed by atoms with Gasteiger partial charge < -0.3 is 9.47 Å². The maximum absolute atomic E-state index is 12.8. The predicted octanol–water partition coefficient (Wildman–Crippen LogP) is 2.85. The number of benzene rings is 1. The Hall–Kier alpha value is -2.10. The Morgan fingerprint density at radius 3 is 2.86 bits per heavy atom. The number of hydrogen-bond donors (Lipinski definition) is 0. The molecule has 4 nitrogen and oxygen atoms in total. The summed E-state index contributed by atoms with van der Waals surface area (Å²) < 4.78 is 2.14. The molecule has 2 heterocycles. The van der Waals surface area contributed by atoms with Gasteiger partial charge in [0.05, 0.1) is 12.4 Å². The molecule has 3 atom stereocenters. The predicted molar refractivity (Wildman–Crippen MR) is 84.4 cm³/mol. The van der Waals surface area contributed by atoms with E-state index < -0.39 is 0 Å². The van der Waals surface area contributed by atoms with Crippen LogP contribution in [0.5, 0.6) is 0 Å². The standard InChI is InChI=1S/C18H21N3O/c22-18(17-11-16(17)14-5-2-1-3-6-14)20-9-4-7-15(12-20)21-10-8-19-13-21/h1-3,5-6,8,10,13,15-17H,4,7,9,11-12H2/t15-,16+,17-/m1/s1. The first kappa shape index (κ1) is 13.6. The third-order valence-electron chi connectivity index (χ3n) is 4.99. The van der Waals surface area contributed by atoms with Gasteiger partial charge in [0.2, 0.25) is 5.91 Å². The van der Waals surface area contributed by atoms with Gasteiger partial charge in [-0.1, -0.05) is 30.3 Å². The highest BCUT2D eigenvalue weighted by atomic mass is 16.2. The Bertz CT molecular complexity index is 638. The molecule has 2 aliphatic rings. The van der Waals surface area contributed by atoms with Gasteiger partial charge in [-0.3, -0.25) is 4.79 Å². The largest absolute Gasteiger partial charge is 0.340 e. The second kappa shape index (κ2) is 5.59. The lowest BCUT2D eigenvalue weighted by atomic mass is 10.0. The highest BCUT2D eigenvalue weighted by Crippen LogP contribution is 2.48. The summed E-state index contributed by atoms with van der Waals surface area (Å²) in [6, 6.07) is 10.8. The summed E-state index contributed by atoms with van der Waals surface area (Å²) in [4.78, 5) is 19.0. The normalized spacial score (nSPS) is 27.6. The Morgan fingerprint density at radius 2 is 2.09 bits per heavy atom. The maximum Gasteiger partial charge on any atom is 0.226 e. The average molecular weight is 295 g/mol. The van der Waals surface area contributed by atoms with Crippen LogP contribution in [0.25, 0.3) is 0 Å². The fourth-order valence-electron chi connectivity index (χ4n) is 3.65. The molecule has 1 aromatic heterocycles. The number of hydrogen-bond acceptors (Lipinski definition) is 2. The van der Waals surface area contributed by atoms with Crippen molar-refractivity contribution in [3.63, 3.8) is 0 Å². The van der Waals surface area contributed by atoms with Crippen molar-refractivity contribution in [2.45, 2.75) is 31.2 Å². The summed E-state index contributed by atoms with van der Waals surface area (Å²) in [7, 11) is 0. The topological polar surface area (TPSA) is 38.1 Å². The first-order valence-corrected chi connectivity index (χ1v) is 8.14. The van der Waals surface area contributed by atoms with E-state index in [2.05, 4.69) is 38.7 Å². The summed E-state index contributed by atoms with van der Waals surface area (Å²) in [5.41, 5.74) is 1.31. The molecule has 22 heavy (non-hydrogen) atoms. The number of imidazole rings is 1. The minimum absolute atomic E-state index is 0.198. The van der Waals surface area contributed by atoms with Crippen molar-refractivity contribution in [2.75, 3.05) is 13.1 Å². The molecule has 0 radical (unpaired) electrons. The van der Waals surface area contributed by atoms with Crippen LogP contribution in [0, 0.1) is 5.92 Å². The molecule has 1 aromatic carbocycles. The van der Waals surface area contributed by atoms with E-state index in [1.54, 1.807) is 0 Å². The molecule has 1 saturated heterocycles. The number of carbonyl (C=O) groups excluding carboxylic acids is 1. The van der Waals surface area contributed by atoms with E-state index >= 15 is 0 Å². The van der Waals surface area contributed by atoms with Crippen molar-refractivity contribution in [1.29, 1.82) is 0 Å². The van der Waals surface area contributed by atoms with Gasteiger partial charge in [0.15, 0.2) is 0 Å². The van der Waals surface area contributed by atoms with Gasteiger partial charge in [0.25, 0.3) is 0 Å². The lowest BCUT2D eigenvalue weighted by molar-refractivity contribution is -0.134. The number of rotatable bonds is 3. The molecule has 0 bridgehead atoms. The van der Waals surface area contributed by atoms with Crippen molar-refractivity contribution >= 4 is 5.91 Å². The van der Waals surface area contributed by atoms with E-state index in [0.29, 0.717) is 17.9 Å². The molecule has 2 fully saturated rings. The van der Waals surface area contributed by atoms with Crippen LogP contribution < -0.4 is 0 Å². The van der Waals surface area contributed by atoms with Crippen molar-refractivity contribution in [3.05, 3.63) is 54.6 Å². The van der Waals surface area contributed by atoms with Crippen LogP contribution in [-0.4, -0.2) is 33.4 Å². The SMILES string of the molecule is O=C([C@@H]1C[C@H]1c1ccccc1)N1CCC[C@@H](n2ccnc2)C1. The highest BCUT2D eigenvalue weighted by molar-refractivity contribution is 5.83. The van der Waals surface area contributed by atoms with Crippen molar-refractivity contribution in [2.24, 2.45) is 5.92 Å². The zero-order valence-corrected chi connectivity index (χ0v) is 12.6. The van der Waals surface area contributed by atoms with Gasteiger partial charge in [-0.15, -0.1) is 0 Å². The number of piperidine rings is 1. The van der Waals surface area contributed by atoms with E-state index in [1.165, 1.54) is 5.56 Å². The van der Waals surface area contributed by atoms with E-state index in [-0.39, 0.29) is 5.92 Å². The second-order valence-corrected chi connectivity index (χ2v) is 6.45. The molecule has 2 aromatic rings. The van der Waals surface area contributed by atoms with Gasteiger partial charge in [-0.25, -0.2) is 4.98 Å². The van der Waals surface area contributed by atoms with Gasteiger partial charge in [-0.2, -0.15) is 0 Å². The quantitative estimate of drug-likeness (QED) is 0.873. The van der Waals surface area contributed by atoms with E-state index in [0.717, 1.165) is 32.4 Å². The van der Waals surface area contributed by atoms with E-state index in [1.807, 2.05) is 24.8 Å². The van der Waals surface area contributed by atoms with Crippen molar-refractivity contribution in [3.8, 4) is 0 Å². The fraction of sp³-hybridized carbons (Fsp3) is 0.444. The van der Waals surface area contributed by atoms with Gasteiger partial charge in [0, 0.05) is 31.4 Å². The molecule has 1 saturated carbocycles. The van der Waals surface area contributed by atoms with E-state index in [9.17, 15) is 4.79 Å². The monoisotopic (exact) mass is 295 g/mol. The first-order valence-electron chi connectivity index (χ1n) is 8.14. The number of nitrogens with zero attached hydrogens (tertiary/aromatic N) is 3. The summed E-state index contributed by atoms with van der Waals surface area (Å²) >= 11 is 0. The Labute approximate surface area is 130 Å². The lowest BCUT2D eigenvalue weighted by Gasteiger charge is -2.33. The smallest absolute Gasteiger partial charge is 0.226 e. The minimum atomic E-state index is 0.198. The Balaban J connectivity index is 1.41. The maximum atomic E-state index is 12.8. The van der Waals surface area contributed by atoms with Gasteiger partial charge in [0.1, 0.15) is 0 Å². The molecule has 0 unspecified atom stereocenters. The molecule has 1 aliphatic heterocycles. The van der Waals surface area contributed by atoms with Crippen LogP contribution in [0.4, 0.5) is 0 Å². The van der Waals surface area contributed by atoms with Gasteiger partial charge in [-0.05, 0) is 30.7 Å². The third-order valence-corrected chi connectivity index (χ3v) is 4.99. The molecule has 4 heteroatoms.